The number of fused-ring (bicyclic) bond motifs is 1. The minimum Gasteiger partial charge on any atom is -0.378 e. The Labute approximate surface area is 221 Å². The molecule has 0 bridgehead atoms. The van der Waals surface area contributed by atoms with E-state index in [4.69, 9.17) is 16.6 Å². The van der Waals surface area contributed by atoms with E-state index < -0.39 is 0 Å². The summed E-state index contributed by atoms with van der Waals surface area (Å²) in [6, 6.07) is 16.5. The van der Waals surface area contributed by atoms with Crippen LogP contribution in [0.2, 0.25) is 5.02 Å². The molecule has 3 aromatic rings. The Morgan fingerprint density at radius 3 is 2.36 bits per heavy atom. The Bertz CT molecular complexity index is 1280. The van der Waals surface area contributed by atoms with Crippen LogP contribution in [0.1, 0.15) is 37.3 Å². The van der Waals surface area contributed by atoms with Gasteiger partial charge in [0.1, 0.15) is 0 Å². The Balaban J connectivity index is 1.55. The lowest BCUT2D eigenvalue weighted by molar-refractivity contribution is 0.209. The normalized spacial score (nSPS) is 13.7. The van der Waals surface area contributed by atoms with E-state index in [1.54, 1.807) is 0 Å². The molecule has 0 N–H and O–H groups in total. The van der Waals surface area contributed by atoms with Gasteiger partial charge in [-0.05, 0) is 42.2 Å². The largest absolute Gasteiger partial charge is 0.378 e. The Morgan fingerprint density at radius 2 is 1.67 bits per heavy atom. The fraction of sp³-hybridized carbons (Fsp3) is 0.323. The number of hydrogen-bond donors (Lipinski definition) is 0. The molecule has 36 heavy (non-hydrogen) atoms. The highest BCUT2D eigenvalue weighted by atomic mass is 35.5. The van der Waals surface area contributed by atoms with Crippen LogP contribution in [0, 0.1) is 0 Å². The summed E-state index contributed by atoms with van der Waals surface area (Å²) in [5.41, 5.74) is 8.13. The molecule has 0 spiro atoms. The maximum Gasteiger partial charge on any atom is 0.0731 e. The zero-order chi connectivity index (χ0) is 25.8. The van der Waals surface area contributed by atoms with E-state index in [2.05, 4.69) is 72.9 Å². The maximum absolute atomic E-state index is 6.71. The molecule has 1 saturated heterocycles. The minimum absolute atomic E-state index is 0.697. The third-order valence-electron chi connectivity index (χ3n) is 7.05. The summed E-state index contributed by atoms with van der Waals surface area (Å²) < 4.78 is 0. The number of halogens is 1. The van der Waals surface area contributed by atoms with Crippen molar-refractivity contribution in [1.82, 2.24) is 19.7 Å². The van der Waals surface area contributed by atoms with Gasteiger partial charge in [-0.15, -0.1) is 0 Å². The molecular formula is C31H37ClN4. The van der Waals surface area contributed by atoms with Gasteiger partial charge in [0, 0.05) is 68.3 Å². The topological polar surface area (TPSA) is 22.6 Å². The van der Waals surface area contributed by atoms with Gasteiger partial charge in [-0.1, -0.05) is 75.0 Å². The molecule has 1 aromatic heterocycles. The molecular weight excluding hydrogens is 464 g/mol. The lowest BCUT2D eigenvalue weighted by Crippen LogP contribution is -2.44. The molecule has 2 aromatic carbocycles. The quantitative estimate of drug-likeness (QED) is 0.305. The second-order valence-electron chi connectivity index (χ2n) is 9.73. The van der Waals surface area contributed by atoms with Gasteiger partial charge in [-0.2, -0.15) is 0 Å². The summed E-state index contributed by atoms with van der Waals surface area (Å²) in [4.78, 5) is 11.8. The van der Waals surface area contributed by atoms with Crippen LogP contribution in [0.25, 0.3) is 33.6 Å². The van der Waals surface area contributed by atoms with Crippen molar-refractivity contribution in [3.63, 3.8) is 0 Å². The monoisotopic (exact) mass is 500 g/mol. The number of piperazine rings is 1. The van der Waals surface area contributed by atoms with Gasteiger partial charge in [0.15, 0.2) is 0 Å². The summed E-state index contributed by atoms with van der Waals surface area (Å²) in [5, 5.41) is 1.64. The van der Waals surface area contributed by atoms with Crippen molar-refractivity contribution in [2.45, 2.75) is 26.2 Å². The van der Waals surface area contributed by atoms with Crippen molar-refractivity contribution in [3.05, 3.63) is 90.1 Å². The maximum atomic E-state index is 6.71. The average Bonchev–Trinajstić information content (AvgIpc) is 2.90. The van der Waals surface area contributed by atoms with Gasteiger partial charge in [-0.25, -0.2) is 4.98 Å². The average molecular weight is 501 g/mol. The van der Waals surface area contributed by atoms with Crippen LogP contribution in [0.3, 0.4) is 0 Å². The molecule has 1 fully saturated rings. The molecule has 0 saturated carbocycles. The SMILES string of the molecule is C=C(c1cccc(-c2cc(Cl)c3ccc(C(=C)N4CCN(C(=C)CCCC)CC4)cc3n2)c1)N(C)C. The van der Waals surface area contributed by atoms with Crippen LogP contribution in [0.5, 0.6) is 0 Å². The minimum atomic E-state index is 0.697. The van der Waals surface area contributed by atoms with Gasteiger partial charge >= 0.3 is 0 Å². The van der Waals surface area contributed by atoms with E-state index in [0.29, 0.717) is 5.02 Å². The Kier molecular flexibility index (Phi) is 8.05. The van der Waals surface area contributed by atoms with Crippen LogP contribution in [-0.4, -0.2) is 60.0 Å². The number of unbranched alkanes of at least 4 members (excludes halogenated alkanes) is 1. The third kappa shape index (κ3) is 5.60. The Hall–Kier alpha value is -3.24. The summed E-state index contributed by atoms with van der Waals surface area (Å²) in [5.74, 6) is 0. The van der Waals surface area contributed by atoms with E-state index >= 15 is 0 Å². The first-order valence-corrected chi connectivity index (χ1v) is 13.1. The van der Waals surface area contributed by atoms with Crippen LogP contribution < -0.4 is 0 Å². The number of aromatic nitrogens is 1. The molecule has 5 heteroatoms. The van der Waals surface area contributed by atoms with E-state index in [-0.39, 0.29) is 0 Å². The highest BCUT2D eigenvalue weighted by Gasteiger charge is 2.20. The third-order valence-corrected chi connectivity index (χ3v) is 7.36. The molecule has 0 amide bonds. The molecule has 1 aliphatic heterocycles. The van der Waals surface area contributed by atoms with Crippen molar-refractivity contribution in [2.75, 3.05) is 40.3 Å². The smallest absolute Gasteiger partial charge is 0.0731 e. The summed E-state index contributed by atoms with van der Waals surface area (Å²) in [7, 11) is 3.99. The van der Waals surface area contributed by atoms with Gasteiger partial charge in [-0.3, -0.25) is 0 Å². The van der Waals surface area contributed by atoms with E-state index in [1.807, 2.05) is 31.1 Å². The summed E-state index contributed by atoms with van der Waals surface area (Å²) in [6.07, 6.45) is 3.49. The number of rotatable bonds is 9. The first kappa shape index (κ1) is 25.8. The summed E-state index contributed by atoms with van der Waals surface area (Å²) >= 11 is 6.71. The van der Waals surface area contributed by atoms with Gasteiger partial charge < -0.3 is 14.7 Å². The second kappa shape index (κ2) is 11.2. The zero-order valence-corrected chi connectivity index (χ0v) is 22.6. The lowest BCUT2D eigenvalue weighted by Gasteiger charge is -2.39. The highest BCUT2D eigenvalue weighted by Crippen LogP contribution is 2.32. The van der Waals surface area contributed by atoms with Gasteiger partial charge in [0.05, 0.1) is 16.2 Å². The predicted octanol–water partition coefficient (Wildman–Crippen LogP) is 7.38. The van der Waals surface area contributed by atoms with Crippen LogP contribution in [-0.2, 0) is 0 Å². The van der Waals surface area contributed by atoms with Gasteiger partial charge in [0.2, 0.25) is 0 Å². The highest BCUT2D eigenvalue weighted by molar-refractivity contribution is 6.35. The van der Waals surface area contributed by atoms with E-state index in [1.165, 1.54) is 18.5 Å². The number of nitrogens with zero attached hydrogens (tertiary/aromatic N) is 4. The van der Waals surface area contributed by atoms with Crippen molar-refractivity contribution in [2.24, 2.45) is 0 Å². The molecule has 4 nitrogen and oxygen atoms in total. The van der Waals surface area contributed by atoms with Crippen molar-refractivity contribution in [3.8, 4) is 11.3 Å². The molecule has 2 heterocycles. The van der Waals surface area contributed by atoms with E-state index in [9.17, 15) is 0 Å². The van der Waals surface area contributed by atoms with Crippen molar-refractivity contribution in [1.29, 1.82) is 0 Å². The fourth-order valence-corrected chi connectivity index (χ4v) is 4.91. The molecule has 4 rings (SSSR count). The number of benzene rings is 2. The first-order valence-electron chi connectivity index (χ1n) is 12.7. The number of hydrogen-bond acceptors (Lipinski definition) is 4. The second-order valence-corrected chi connectivity index (χ2v) is 10.1. The Morgan fingerprint density at radius 1 is 0.944 bits per heavy atom. The number of pyridine rings is 1. The van der Waals surface area contributed by atoms with Gasteiger partial charge in [0.25, 0.3) is 0 Å². The predicted molar refractivity (Wildman–Crippen MR) is 156 cm³/mol. The zero-order valence-electron chi connectivity index (χ0n) is 21.9. The van der Waals surface area contributed by atoms with Crippen molar-refractivity contribution >= 4 is 33.9 Å². The molecule has 188 valence electrons. The molecule has 0 atom stereocenters. The van der Waals surface area contributed by atoms with Crippen LogP contribution >= 0.6 is 11.6 Å². The molecule has 0 radical (unpaired) electrons. The fourth-order valence-electron chi connectivity index (χ4n) is 4.64. The summed E-state index contributed by atoms with van der Waals surface area (Å²) in [6.45, 7) is 19.0. The molecule has 1 aliphatic rings. The number of allylic oxidation sites excluding steroid dienone is 1. The van der Waals surface area contributed by atoms with Crippen molar-refractivity contribution < 1.29 is 0 Å². The van der Waals surface area contributed by atoms with E-state index in [0.717, 1.165) is 77.3 Å². The lowest BCUT2D eigenvalue weighted by atomic mass is 10.0. The standard InChI is InChI=1S/C31H37ClN4/c1-7-8-10-22(2)35-15-17-36(18-16-35)24(4)26-13-14-28-29(32)21-30(33-31(28)20-26)27-12-9-11-25(19-27)23(3)34(5)6/h9,11-14,19-21H,2-4,7-8,10,15-18H2,1,5-6H3. The molecule has 0 unspecified atom stereocenters. The molecule has 0 aliphatic carbocycles. The van der Waals surface area contributed by atoms with Crippen LogP contribution in [0.4, 0.5) is 0 Å². The first-order chi connectivity index (χ1) is 17.3. The van der Waals surface area contributed by atoms with Crippen LogP contribution in [0.15, 0.2) is 74.0 Å².